The van der Waals surface area contributed by atoms with Gasteiger partial charge in [0.1, 0.15) is 4.75 Å². The highest BCUT2D eigenvalue weighted by Gasteiger charge is 2.30. The molecule has 0 unspecified atom stereocenters. The van der Waals surface area contributed by atoms with E-state index in [0.717, 1.165) is 19.7 Å². The molecule has 0 amide bonds. The van der Waals surface area contributed by atoms with Gasteiger partial charge in [-0.2, -0.15) is 0 Å². The van der Waals surface area contributed by atoms with Crippen LogP contribution in [0.3, 0.4) is 0 Å². The molecule has 0 aliphatic carbocycles. The number of benzene rings is 2. The Bertz CT molecular complexity index is 652. The summed E-state index contributed by atoms with van der Waals surface area (Å²) in [5.41, 5.74) is 0. The molecule has 0 atom stereocenters. The molecule has 0 aliphatic heterocycles. The Morgan fingerprint density at radius 3 is 2.00 bits per heavy atom. The Morgan fingerprint density at radius 1 is 1.00 bits per heavy atom. The van der Waals surface area contributed by atoms with Crippen molar-refractivity contribution in [3.63, 3.8) is 0 Å². The first-order chi connectivity index (χ1) is 10.9. The molecule has 0 N–H and O–H groups in total. The van der Waals surface area contributed by atoms with E-state index in [1.54, 1.807) is 11.8 Å². The van der Waals surface area contributed by atoms with Crippen LogP contribution in [0.5, 0.6) is 0 Å². The normalized spacial score (nSPS) is 11.3. The number of halogens is 1. The van der Waals surface area contributed by atoms with E-state index in [1.165, 1.54) is 11.8 Å². The zero-order valence-corrected chi connectivity index (χ0v) is 15.7. The van der Waals surface area contributed by atoms with Crippen molar-refractivity contribution in [3.8, 4) is 0 Å². The predicted molar refractivity (Wildman–Crippen MR) is 98.6 cm³/mol. The van der Waals surface area contributed by atoms with E-state index in [0.29, 0.717) is 6.61 Å². The summed E-state index contributed by atoms with van der Waals surface area (Å²) in [6.45, 7) is 5.99. The van der Waals surface area contributed by atoms with Crippen molar-refractivity contribution in [3.05, 3.63) is 53.6 Å². The topological polar surface area (TPSA) is 26.3 Å². The summed E-state index contributed by atoms with van der Waals surface area (Å²) >= 11 is 9.08. The fraction of sp³-hybridized carbons (Fsp3) is 0.278. The van der Waals surface area contributed by atoms with Crippen LogP contribution in [-0.2, 0) is 9.53 Å². The van der Waals surface area contributed by atoms with Crippen LogP contribution in [0.1, 0.15) is 20.8 Å². The van der Waals surface area contributed by atoms with Gasteiger partial charge >= 0.3 is 5.97 Å². The lowest BCUT2D eigenvalue weighted by Gasteiger charge is -2.21. The van der Waals surface area contributed by atoms with E-state index in [-0.39, 0.29) is 5.97 Å². The van der Waals surface area contributed by atoms with Crippen molar-refractivity contribution in [1.82, 2.24) is 0 Å². The molecule has 0 fully saturated rings. The van der Waals surface area contributed by atoms with Crippen molar-refractivity contribution in [2.75, 3.05) is 6.61 Å². The summed E-state index contributed by atoms with van der Waals surface area (Å²) in [5, 5.41) is 0.738. The van der Waals surface area contributed by atoms with Crippen molar-refractivity contribution < 1.29 is 9.53 Å². The fourth-order valence-electron chi connectivity index (χ4n) is 1.86. The number of hydrogen-bond donors (Lipinski definition) is 0. The Morgan fingerprint density at radius 2 is 1.48 bits per heavy atom. The van der Waals surface area contributed by atoms with Gasteiger partial charge < -0.3 is 4.74 Å². The monoisotopic (exact) mass is 366 g/mol. The van der Waals surface area contributed by atoms with Crippen LogP contribution in [0.4, 0.5) is 0 Å². The largest absolute Gasteiger partial charge is 0.465 e. The molecular weight excluding hydrogens is 348 g/mol. The lowest BCUT2D eigenvalue weighted by atomic mass is 10.2. The number of carbonyl (C=O) groups excluding carboxylic acids is 1. The van der Waals surface area contributed by atoms with Gasteiger partial charge in [0.05, 0.1) is 6.61 Å². The van der Waals surface area contributed by atoms with E-state index in [1.807, 2.05) is 57.2 Å². The highest BCUT2D eigenvalue weighted by molar-refractivity contribution is 8.01. The summed E-state index contributed by atoms with van der Waals surface area (Å²) in [6.07, 6.45) is 0. The predicted octanol–water partition coefficient (Wildman–Crippen LogP) is 5.93. The van der Waals surface area contributed by atoms with Crippen LogP contribution in [0.15, 0.2) is 63.2 Å². The van der Waals surface area contributed by atoms with Crippen molar-refractivity contribution in [2.45, 2.75) is 40.2 Å². The average molecular weight is 367 g/mol. The Labute approximate surface area is 151 Å². The van der Waals surface area contributed by atoms with Crippen LogP contribution in [0, 0.1) is 0 Å². The van der Waals surface area contributed by atoms with Crippen molar-refractivity contribution >= 4 is 41.1 Å². The smallest absolute Gasteiger partial charge is 0.321 e. The van der Waals surface area contributed by atoms with Gasteiger partial charge in [0, 0.05) is 19.7 Å². The molecule has 0 saturated carbocycles. The Hall–Kier alpha value is -1.10. The minimum absolute atomic E-state index is 0.190. The van der Waals surface area contributed by atoms with E-state index in [9.17, 15) is 4.79 Å². The van der Waals surface area contributed by atoms with Crippen molar-refractivity contribution in [2.24, 2.45) is 0 Å². The standard InChI is InChI=1S/C18H19ClO2S2/c1-4-21-17(20)18(2,3)23-16-11-9-15(10-12-16)22-14-7-5-13(19)6-8-14/h5-12H,4H2,1-3H3. The maximum Gasteiger partial charge on any atom is 0.321 e. The number of thioether (sulfide) groups is 1. The number of carbonyl (C=O) groups is 1. The summed E-state index contributed by atoms with van der Waals surface area (Å²) in [6, 6.07) is 15.9. The minimum atomic E-state index is -0.596. The third kappa shape index (κ3) is 5.48. The first kappa shape index (κ1) is 18.2. The second-order valence-electron chi connectivity index (χ2n) is 5.36. The van der Waals surface area contributed by atoms with Gasteiger partial charge in [-0.25, -0.2) is 0 Å². The molecule has 23 heavy (non-hydrogen) atoms. The first-order valence-corrected chi connectivity index (χ1v) is 9.31. The molecule has 5 heteroatoms. The number of esters is 1. The number of ether oxygens (including phenoxy) is 1. The molecule has 2 nitrogen and oxygen atoms in total. The van der Waals surface area contributed by atoms with Crippen LogP contribution in [0.25, 0.3) is 0 Å². The van der Waals surface area contributed by atoms with Gasteiger partial charge in [0.25, 0.3) is 0 Å². The van der Waals surface area contributed by atoms with Gasteiger partial charge in [-0.3, -0.25) is 4.79 Å². The highest BCUT2D eigenvalue weighted by atomic mass is 35.5. The molecule has 122 valence electrons. The molecule has 0 heterocycles. The van der Waals surface area contributed by atoms with Gasteiger partial charge in [-0.1, -0.05) is 23.4 Å². The molecule has 0 aliphatic rings. The molecule has 2 aromatic carbocycles. The summed E-state index contributed by atoms with van der Waals surface area (Å²) in [5.74, 6) is -0.190. The molecule has 0 aromatic heterocycles. The summed E-state index contributed by atoms with van der Waals surface area (Å²) in [4.78, 5) is 15.3. The van der Waals surface area contributed by atoms with E-state index >= 15 is 0 Å². The summed E-state index contributed by atoms with van der Waals surface area (Å²) in [7, 11) is 0. The van der Waals surface area contributed by atoms with Gasteiger partial charge in [-0.15, -0.1) is 11.8 Å². The lowest BCUT2D eigenvalue weighted by molar-refractivity contribution is -0.145. The van der Waals surface area contributed by atoms with E-state index < -0.39 is 4.75 Å². The third-order valence-corrected chi connectivity index (χ3v) is 5.47. The zero-order chi connectivity index (χ0) is 16.9. The Kier molecular flexibility index (Phi) is 6.45. The maximum atomic E-state index is 11.9. The molecule has 0 spiro atoms. The van der Waals surface area contributed by atoms with E-state index in [2.05, 4.69) is 12.1 Å². The van der Waals surface area contributed by atoms with Gasteiger partial charge in [-0.05, 0) is 69.3 Å². The average Bonchev–Trinajstić information content (AvgIpc) is 2.51. The molecule has 0 radical (unpaired) electrons. The van der Waals surface area contributed by atoms with Crippen LogP contribution in [0.2, 0.25) is 5.02 Å². The van der Waals surface area contributed by atoms with Crippen LogP contribution < -0.4 is 0 Å². The SMILES string of the molecule is CCOC(=O)C(C)(C)Sc1ccc(Sc2ccc(Cl)cc2)cc1. The maximum absolute atomic E-state index is 11.9. The van der Waals surface area contributed by atoms with Gasteiger partial charge in [0.15, 0.2) is 0 Å². The van der Waals surface area contributed by atoms with Crippen LogP contribution in [-0.4, -0.2) is 17.3 Å². The fourth-order valence-corrected chi connectivity index (χ4v) is 3.80. The Balaban J connectivity index is 2.01. The molecule has 2 rings (SSSR count). The minimum Gasteiger partial charge on any atom is -0.465 e. The molecular formula is C18H19ClO2S2. The number of hydrogen-bond acceptors (Lipinski definition) is 4. The molecule has 0 bridgehead atoms. The van der Waals surface area contributed by atoms with Crippen LogP contribution >= 0.6 is 35.1 Å². The lowest BCUT2D eigenvalue weighted by Crippen LogP contribution is -2.29. The second-order valence-corrected chi connectivity index (χ2v) is 8.64. The molecule has 2 aromatic rings. The van der Waals surface area contributed by atoms with Gasteiger partial charge in [0.2, 0.25) is 0 Å². The first-order valence-electron chi connectivity index (χ1n) is 7.30. The second kappa shape index (κ2) is 8.13. The molecule has 0 saturated heterocycles. The van der Waals surface area contributed by atoms with E-state index in [4.69, 9.17) is 16.3 Å². The van der Waals surface area contributed by atoms with Crippen molar-refractivity contribution in [1.29, 1.82) is 0 Å². The summed E-state index contributed by atoms with van der Waals surface area (Å²) < 4.78 is 4.52. The quantitative estimate of drug-likeness (QED) is 0.468. The zero-order valence-electron chi connectivity index (χ0n) is 13.3. The highest BCUT2D eigenvalue weighted by Crippen LogP contribution is 2.35. The number of rotatable bonds is 6. The third-order valence-electron chi connectivity index (χ3n) is 3.01.